The number of hydrogen-bond acceptors (Lipinski definition) is 2. The fraction of sp³-hybridized carbons (Fsp3) is 0.944. The third-order valence-electron chi connectivity index (χ3n) is 5.52. The molecule has 3 nitrogen and oxygen atoms in total. The van der Waals surface area contributed by atoms with Crippen LogP contribution < -0.4 is 5.73 Å². The van der Waals surface area contributed by atoms with Crippen LogP contribution >= 0.6 is 0 Å². The van der Waals surface area contributed by atoms with E-state index in [1.165, 1.54) is 25.7 Å². The van der Waals surface area contributed by atoms with Crippen molar-refractivity contribution in [2.45, 2.75) is 84.2 Å². The molecule has 0 bridgehead atoms. The third kappa shape index (κ3) is 4.45. The summed E-state index contributed by atoms with van der Waals surface area (Å²) < 4.78 is 0. The lowest BCUT2D eigenvalue weighted by Crippen LogP contribution is -2.47. The SMILES string of the molecule is CC(C)CCN(C(=O)C1CCC(N)CC1C)C1CCCC1. The number of carbonyl (C=O) groups excluding carboxylic acids is 1. The highest BCUT2D eigenvalue weighted by Gasteiger charge is 2.36. The largest absolute Gasteiger partial charge is 0.339 e. The molecule has 3 atom stereocenters. The van der Waals surface area contributed by atoms with E-state index in [1.54, 1.807) is 0 Å². The van der Waals surface area contributed by atoms with Gasteiger partial charge in [-0.3, -0.25) is 4.79 Å². The van der Waals surface area contributed by atoms with E-state index >= 15 is 0 Å². The third-order valence-corrected chi connectivity index (χ3v) is 5.52. The molecule has 0 radical (unpaired) electrons. The van der Waals surface area contributed by atoms with E-state index in [-0.39, 0.29) is 5.92 Å². The van der Waals surface area contributed by atoms with Gasteiger partial charge in [-0.15, -0.1) is 0 Å². The average Bonchev–Trinajstić information content (AvgIpc) is 2.92. The van der Waals surface area contributed by atoms with Gasteiger partial charge < -0.3 is 10.6 Å². The van der Waals surface area contributed by atoms with Gasteiger partial charge in [0.15, 0.2) is 0 Å². The summed E-state index contributed by atoms with van der Waals surface area (Å²) in [6.07, 6.45) is 9.16. The summed E-state index contributed by atoms with van der Waals surface area (Å²) in [5.41, 5.74) is 6.06. The molecule has 2 fully saturated rings. The molecule has 2 aliphatic rings. The summed E-state index contributed by atoms with van der Waals surface area (Å²) >= 11 is 0. The zero-order chi connectivity index (χ0) is 15.4. The van der Waals surface area contributed by atoms with Crippen LogP contribution in [0.2, 0.25) is 0 Å². The van der Waals surface area contributed by atoms with E-state index in [2.05, 4.69) is 25.7 Å². The van der Waals surface area contributed by atoms with Gasteiger partial charge in [0.1, 0.15) is 0 Å². The zero-order valence-electron chi connectivity index (χ0n) is 14.2. The molecule has 21 heavy (non-hydrogen) atoms. The minimum absolute atomic E-state index is 0.220. The Kier molecular flexibility index (Phi) is 6.09. The van der Waals surface area contributed by atoms with Crippen LogP contribution in [0, 0.1) is 17.8 Å². The first-order chi connectivity index (χ1) is 9.99. The normalized spacial score (nSPS) is 30.8. The van der Waals surface area contributed by atoms with Crippen LogP contribution in [0.3, 0.4) is 0 Å². The molecule has 0 aromatic heterocycles. The van der Waals surface area contributed by atoms with Crippen molar-refractivity contribution in [3.8, 4) is 0 Å². The van der Waals surface area contributed by atoms with Crippen LogP contribution in [0.4, 0.5) is 0 Å². The number of amides is 1. The minimum Gasteiger partial charge on any atom is -0.339 e. The van der Waals surface area contributed by atoms with Crippen molar-refractivity contribution in [2.75, 3.05) is 6.54 Å². The lowest BCUT2D eigenvalue weighted by molar-refractivity contribution is -0.141. The molecule has 2 N–H and O–H groups in total. The number of nitrogens with zero attached hydrogens (tertiary/aromatic N) is 1. The second-order valence-corrected chi connectivity index (χ2v) is 7.81. The molecule has 0 saturated heterocycles. The molecule has 0 spiro atoms. The van der Waals surface area contributed by atoms with Crippen molar-refractivity contribution < 1.29 is 4.79 Å². The molecule has 0 aliphatic heterocycles. The summed E-state index contributed by atoms with van der Waals surface area (Å²) in [7, 11) is 0. The first-order valence-electron chi connectivity index (χ1n) is 9.05. The highest BCUT2D eigenvalue weighted by Crippen LogP contribution is 2.33. The van der Waals surface area contributed by atoms with Crippen LogP contribution in [-0.2, 0) is 4.79 Å². The monoisotopic (exact) mass is 294 g/mol. The maximum absolute atomic E-state index is 13.1. The lowest BCUT2D eigenvalue weighted by atomic mass is 9.77. The Balaban J connectivity index is 2.02. The Labute approximate surface area is 130 Å². The summed E-state index contributed by atoms with van der Waals surface area (Å²) in [5.74, 6) is 1.77. The first kappa shape index (κ1) is 16.8. The molecule has 122 valence electrons. The van der Waals surface area contributed by atoms with Gasteiger partial charge in [-0.05, 0) is 50.4 Å². The molecule has 3 heteroatoms. The molecule has 0 aromatic carbocycles. The molecular weight excluding hydrogens is 260 g/mol. The molecule has 2 aliphatic carbocycles. The van der Waals surface area contributed by atoms with Gasteiger partial charge in [-0.2, -0.15) is 0 Å². The highest BCUT2D eigenvalue weighted by molar-refractivity contribution is 5.79. The lowest BCUT2D eigenvalue weighted by Gasteiger charge is -2.38. The van der Waals surface area contributed by atoms with E-state index in [4.69, 9.17) is 5.73 Å². The average molecular weight is 294 g/mol. The first-order valence-corrected chi connectivity index (χ1v) is 9.05. The van der Waals surface area contributed by atoms with Crippen molar-refractivity contribution in [3.63, 3.8) is 0 Å². The minimum atomic E-state index is 0.220. The van der Waals surface area contributed by atoms with E-state index in [1.807, 2.05) is 0 Å². The molecule has 0 heterocycles. The smallest absolute Gasteiger partial charge is 0.226 e. The molecule has 3 unspecified atom stereocenters. The Morgan fingerprint density at radius 2 is 1.86 bits per heavy atom. The fourth-order valence-electron chi connectivity index (χ4n) is 4.10. The van der Waals surface area contributed by atoms with Crippen molar-refractivity contribution in [2.24, 2.45) is 23.5 Å². The number of rotatable bonds is 5. The second kappa shape index (κ2) is 7.62. The standard InChI is InChI=1S/C18H34N2O/c1-13(2)10-11-20(16-6-4-5-7-16)18(21)17-9-8-15(19)12-14(17)3/h13-17H,4-12,19H2,1-3H3. The van der Waals surface area contributed by atoms with Gasteiger partial charge in [0.25, 0.3) is 0 Å². The highest BCUT2D eigenvalue weighted by atomic mass is 16.2. The maximum Gasteiger partial charge on any atom is 0.226 e. The summed E-state index contributed by atoms with van der Waals surface area (Å²) in [6, 6.07) is 0.818. The van der Waals surface area contributed by atoms with E-state index in [0.717, 1.165) is 32.2 Å². The predicted octanol–water partition coefficient (Wildman–Crippen LogP) is 3.57. The Morgan fingerprint density at radius 3 is 2.43 bits per heavy atom. The van der Waals surface area contributed by atoms with E-state index in [0.29, 0.717) is 29.8 Å². The van der Waals surface area contributed by atoms with Gasteiger partial charge in [0.05, 0.1) is 0 Å². The van der Waals surface area contributed by atoms with Crippen molar-refractivity contribution in [1.82, 2.24) is 4.90 Å². The van der Waals surface area contributed by atoms with Crippen molar-refractivity contribution >= 4 is 5.91 Å². The van der Waals surface area contributed by atoms with Crippen LogP contribution in [0.25, 0.3) is 0 Å². The van der Waals surface area contributed by atoms with Gasteiger partial charge in [-0.1, -0.05) is 33.6 Å². The van der Waals surface area contributed by atoms with E-state index in [9.17, 15) is 4.79 Å². The van der Waals surface area contributed by atoms with Crippen LogP contribution in [0.1, 0.15) is 72.1 Å². The van der Waals surface area contributed by atoms with Crippen molar-refractivity contribution in [1.29, 1.82) is 0 Å². The van der Waals surface area contributed by atoms with Gasteiger partial charge >= 0.3 is 0 Å². The Bertz CT molecular complexity index is 336. The number of carbonyl (C=O) groups is 1. The predicted molar refractivity (Wildman–Crippen MR) is 87.9 cm³/mol. The molecule has 1 amide bonds. The molecular formula is C18H34N2O. The quantitative estimate of drug-likeness (QED) is 0.842. The van der Waals surface area contributed by atoms with Gasteiger partial charge in [0, 0.05) is 24.5 Å². The fourth-order valence-corrected chi connectivity index (χ4v) is 4.10. The summed E-state index contributed by atoms with van der Waals surface area (Å²) in [6.45, 7) is 7.67. The Morgan fingerprint density at radius 1 is 1.19 bits per heavy atom. The van der Waals surface area contributed by atoms with Crippen molar-refractivity contribution in [3.05, 3.63) is 0 Å². The Hall–Kier alpha value is -0.570. The maximum atomic E-state index is 13.1. The summed E-state index contributed by atoms with van der Waals surface area (Å²) in [5, 5.41) is 0. The van der Waals surface area contributed by atoms with Crippen LogP contribution in [0.15, 0.2) is 0 Å². The molecule has 2 saturated carbocycles. The second-order valence-electron chi connectivity index (χ2n) is 7.81. The van der Waals surface area contributed by atoms with Gasteiger partial charge in [0.2, 0.25) is 5.91 Å². The number of hydrogen-bond donors (Lipinski definition) is 1. The number of nitrogens with two attached hydrogens (primary N) is 1. The van der Waals surface area contributed by atoms with Crippen LogP contribution in [0.5, 0.6) is 0 Å². The van der Waals surface area contributed by atoms with Gasteiger partial charge in [-0.25, -0.2) is 0 Å². The topological polar surface area (TPSA) is 46.3 Å². The van der Waals surface area contributed by atoms with E-state index < -0.39 is 0 Å². The summed E-state index contributed by atoms with van der Waals surface area (Å²) in [4.78, 5) is 15.4. The molecule has 2 rings (SSSR count). The zero-order valence-corrected chi connectivity index (χ0v) is 14.2. The van der Waals surface area contributed by atoms with Crippen LogP contribution in [-0.4, -0.2) is 29.4 Å². The molecule has 0 aromatic rings.